The topological polar surface area (TPSA) is 81.2 Å². The van der Waals surface area contributed by atoms with Gasteiger partial charge in [0.05, 0.1) is 17.7 Å². The van der Waals surface area contributed by atoms with Crippen molar-refractivity contribution in [2.24, 2.45) is 0 Å². The van der Waals surface area contributed by atoms with Gasteiger partial charge in [-0.25, -0.2) is 13.1 Å². The lowest BCUT2D eigenvalue weighted by Crippen LogP contribution is -2.24. The molecule has 0 bridgehead atoms. The number of sulfonamides is 1. The highest BCUT2D eigenvalue weighted by atomic mass is 32.2. The third kappa shape index (κ3) is 3.89. The molecule has 2 aromatic heterocycles. The van der Waals surface area contributed by atoms with E-state index in [9.17, 15) is 8.42 Å². The van der Waals surface area contributed by atoms with Gasteiger partial charge in [0.2, 0.25) is 10.0 Å². The van der Waals surface area contributed by atoms with Crippen molar-refractivity contribution in [1.82, 2.24) is 14.7 Å². The van der Waals surface area contributed by atoms with Crippen LogP contribution in [0.5, 0.6) is 5.75 Å². The maximum Gasteiger partial charge on any atom is 0.241 e. The molecule has 0 aliphatic carbocycles. The second kappa shape index (κ2) is 7.63. The minimum Gasteiger partial charge on any atom is -0.497 e. The summed E-state index contributed by atoms with van der Waals surface area (Å²) in [6, 6.07) is 12.3. The molecule has 0 saturated heterocycles. The van der Waals surface area contributed by atoms with E-state index < -0.39 is 10.0 Å². The van der Waals surface area contributed by atoms with E-state index in [1.807, 2.05) is 18.2 Å². The van der Waals surface area contributed by atoms with E-state index in [4.69, 9.17) is 4.74 Å². The van der Waals surface area contributed by atoms with E-state index in [1.54, 1.807) is 43.7 Å². The lowest BCUT2D eigenvalue weighted by Gasteiger charge is -2.12. The first-order valence-electron chi connectivity index (χ1n) is 8.00. The van der Waals surface area contributed by atoms with Gasteiger partial charge in [0.1, 0.15) is 5.75 Å². The highest BCUT2D eigenvalue weighted by molar-refractivity contribution is 7.89. The summed E-state index contributed by atoms with van der Waals surface area (Å²) < 4.78 is 33.3. The minimum atomic E-state index is -3.69. The number of hydrogen-bond donors (Lipinski definition) is 1. The summed E-state index contributed by atoms with van der Waals surface area (Å²) in [6.45, 7) is 1.88. The highest BCUT2D eigenvalue weighted by Crippen LogP contribution is 2.23. The fourth-order valence-electron chi connectivity index (χ4n) is 2.60. The SMILES string of the molecule is COc1ccc(C)c(S(=O)(=O)NCc2cccnc2-c2ccncc2)c1. The fourth-order valence-corrected chi connectivity index (χ4v) is 3.86. The van der Waals surface area contributed by atoms with Gasteiger partial charge in [-0.2, -0.15) is 0 Å². The first-order valence-corrected chi connectivity index (χ1v) is 9.48. The van der Waals surface area contributed by atoms with E-state index in [0.29, 0.717) is 11.3 Å². The molecule has 0 radical (unpaired) electrons. The predicted octanol–water partition coefficient (Wildman–Crippen LogP) is 2.94. The van der Waals surface area contributed by atoms with E-state index >= 15 is 0 Å². The molecule has 1 aromatic carbocycles. The van der Waals surface area contributed by atoms with Crippen LogP contribution in [0.15, 0.2) is 66.0 Å². The number of methoxy groups -OCH3 is 1. The van der Waals surface area contributed by atoms with Crippen LogP contribution in [-0.4, -0.2) is 25.5 Å². The number of benzene rings is 1. The highest BCUT2D eigenvalue weighted by Gasteiger charge is 2.18. The zero-order valence-electron chi connectivity index (χ0n) is 14.5. The van der Waals surface area contributed by atoms with Crippen molar-refractivity contribution in [3.05, 3.63) is 72.2 Å². The number of rotatable bonds is 6. The molecule has 0 aliphatic rings. The van der Waals surface area contributed by atoms with Crippen LogP contribution in [0.1, 0.15) is 11.1 Å². The molecule has 134 valence electrons. The molecular formula is C19H19N3O3S. The van der Waals surface area contributed by atoms with Crippen molar-refractivity contribution in [2.75, 3.05) is 7.11 Å². The molecule has 0 saturated carbocycles. The number of nitrogens with one attached hydrogen (secondary N) is 1. The van der Waals surface area contributed by atoms with E-state index in [-0.39, 0.29) is 11.4 Å². The number of ether oxygens (including phenoxy) is 1. The summed E-state index contributed by atoms with van der Waals surface area (Å²) >= 11 is 0. The van der Waals surface area contributed by atoms with Crippen LogP contribution in [-0.2, 0) is 16.6 Å². The third-order valence-electron chi connectivity index (χ3n) is 3.98. The Morgan fingerprint density at radius 2 is 1.85 bits per heavy atom. The normalized spacial score (nSPS) is 11.3. The van der Waals surface area contributed by atoms with Gasteiger partial charge in [-0.05, 0) is 42.3 Å². The standard InChI is InChI=1S/C19H19N3O3S/c1-14-5-6-17(25-2)12-18(14)26(23,24)22-13-16-4-3-9-21-19(16)15-7-10-20-11-8-15/h3-12,22H,13H2,1-2H3. The molecule has 2 heterocycles. The molecule has 1 N–H and O–H groups in total. The van der Waals surface area contributed by atoms with Gasteiger partial charge in [0.25, 0.3) is 0 Å². The molecule has 26 heavy (non-hydrogen) atoms. The number of aryl methyl sites for hydroxylation is 1. The number of hydrogen-bond acceptors (Lipinski definition) is 5. The van der Waals surface area contributed by atoms with E-state index in [2.05, 4.69) is 14.7 Å². The smallest absolute Gasteiger partial charge is 0.241 e. The van der Waals surface area contributed by atoms with Gasteiger partial charge in [-0.15, -0.1) is 0 Å². The lowest BCUT2D eigenvalue weighted by atomic mass is 10.1. The molecule has 0 amide bonds. The maximum atomic E-state index is 12.7. The van der Waals surface area contributed by atoms with Crippen LogP contribution in [0.2, 0.25) is 0 Å². The Hall–Kier alpha value is -2.77. The lowest BCUT2D eigenvalue weighted by molar-refractivity contribution is 0.413. The first-order chi connectivity index (χ1) is 12.5. The van der Waals surface area contributed by atoms with Gasteiger partial charge < -0.3 is 4.74 Å². The predicted molar refractivity (Wildman–Crippen MR) is 99.2 cm³/mol. The fraction of sp³-hybridized carbons (Fsp3) is 0.158. The van der Waals surface area contributed by atoms with E-state index in [1.165, 1.54) is 13.2 Å². The Balaban J connectivity index is 1.88. The molecule has 3 aromatic rings. The Bertz CT molecular complexity index is 1010. The largest absolute Gasteiger partial charge is 0.497 e. The van der Waals surface area contributed by atoms with Crippen LogP contribution in [0, 0.1) is 6.92 Å². The summed E-state index contributed by atoms with van der Waals surface area (Å²) in [5.74, 6) is 0.495. The molecule has 6 nitrogen and oxygen atoms in total. The van der Waals surface area contributed by atoms with Gasteiger partial charge >= 0.3 is 0 Å². The molecule has 7 heteroatoms. The summed E-state index contributed by atoms with van der Waals surface area (Å²) in [5, 5.41) is 0. The monoisotopic (exact) mass is 369 g/mol. The molecule has 3 rings (SSSR count). The zero-order valence-corrected chi connectivity index (χ0v) is 15.3. The molecule has 0 unspecified atom stereocenters. The second-order valence-corrected chi connectivity index (χ2v) is 7.44. The Labute approximate surface area is 153 Å². The molecule has 0 atom stereocenters. The van der Waals surface area contributed by atoms with Crippen molar-refractivity contribution < 1.29 is 13.2 Å². The Kier molecular flexibility index (Phi) is 5.29. The summed E-state index contributed by atoms with van der Waals surface area (Å²) in [4.78, 5) is 8.59. The molecule has 0 spiro atoms. The van der Waals surface area contributed by atoms with Crippen LogP contribution in [0.25, 0.3) is 11.3 Å². The van der Waals surface area contributed by atoms with E-state index in [0.717, 1.165) is 16.8 Å². The zero-order chi connectivity index (χ0) is 18.6. The quantitative estimate of drug-likeness (QED) is 0.722. The van der Waals surface area contributed by atoms with Gasteiger partial charge in [-0.3, -0.25) is 9.97 Å². The number of nitrogens with zero attached hydrogens (tertiary/aromatic N) is 2. The van der Waals surface area contributed by atoms with Crippen LogP contribution in [0.3, 0.4) is 0 Å². The average Bonchev–Trinajstić information content (AvgIpc) is 2.67. The second-order valence-electron chi connectivity index (χ2n) is 5.70. The summed E-state index contributed by atoms with van der Waals surface area (Å²) in [5.41, 5.74) is 3.04. The van der Waals surface area contributed by atoms with Crippen molar-refractivity contribution >= 4 is 10.0 Å². The number of pyridine rings is 2. The first kappa shape index (κ1) is 18.0. The average molecular weight is 369 g/mol. The van der Waals surface area contributed by atoms with Gasteiger partial charge in [0.15, 0.2) is 0 Å². The maximum absolute atomic E-state index is 12.7. The molecule has 0 fully saturated rings. The third-order valence-corrected chi connectivity index (χ3v) is 5.53. The summed E-state index contributed by atoms with van der Waals surface area (Å²) in [7, 11) is -2.19. The van der Waals surface area contributed by atoms with Crippen molar-refractivity contribution in [3.8, 4) is 17.0 Å². The van der Waals surface area contributed by atoms with Crippen LogP contribution >= 0.6 is 0 Å². The van der Waals surface area contributed by atoms with Gasteiger partial charge in [-0.1, -0.05) is 12.1 Å². The summed E-state index contributed by atoms with van der Waals surface area (Å²) in [6.07, 6.45) is 5.04. The van der Waals surface area contributed by atoms with Crippen molar-refractivity contribution in [2.45, 2.75) is 18.4 Å². The van der Waals surface area contributed by atoms with Crippen LogP contribution < -0.4 is 9.46 Å². The minimum absolute atomic E-state index is 0.129. The number of aromatic nitrogens is 2. The van der Waals surface area contributed by atoms with Gasteiger partial charge in [0, 0.05) is 36.8 Å². The Morgan fingerprint density at radius 3 is 2.58 bits per heavy atom. The Morgan fingerprint density at radius 1 is 1.08 bits per heavy atom. The van der Waals surface area contributed by atoms with Crippen molar-refractivity contribution in [1.29, 1.82) is 0 Å². The molecular weight excluding hydrogens is 350 g/mol. The van der Waals surface area contributed by atoms with Crippen LogP contribution in [0.4, 0.5) is 0 Å². The molecule has 0 aliphatic heterocycles. The van der Waals surface area contributed by atoms with Crippen molar-refractivity contribution in [3.63, 3.8) is 0 Å².